The SMILES string of the molecule is C=CCNC(=S)N1CCc2c([nH]c3ccccc23)[C@@H]1C(F)(F)F. The lowest BCUT2D eigenvalue weighted by Gasteiger charge is -2.38. The Hall–Kier alpha value is -2.02. The molecule has 0 saturated carbocycles. The van der Waals surface area contributed by atoms with Crippen molar-refractivity contribution in [1.82, 2.24) is 15.2 Å². The van der Waals surface area contributed by atoms with Crippen molar-refractivity contribution in [2.24, 2.45) is 0 Å². The van der Waals surface area contributed by atoms with Gasteiger partial charge in [0.2, 0.25) is 0 Å². The maximum absolute atomic E-state index is 13.7. The Morgan fingerprint density at radius 1 is 1.43 bits per heavy atom. The van der Waals surface area contributed by atoms with Crippen LogP contribution in [0.3, 0.4) is 0 Å². The molecule has 0 amide bonds. The minimum atomic E-state index is -4.42. The largest absolute Gasteiger partial charge is 0.414 e. The number of alkyl halides is 3. The van der Waals surface area contributed by atoms with Gasteiger partial charge in [-0.05, 0) is 30.3 Å². The monoisotopic (exact) mass is 339 g/mol. The third kappa shape index (κ3) is 2.81. The lowest BCUT2D eigenvalue weighted by atomic mass is 9.97. The second-order valence-electron chi connectivity index (χ2n) is 5.43. The van der Waals surface area contributed by atoms with E-state index in [-0.39, 0.29) is 17.4 Å². The number of nitrogens with one attached hydrogen (secondary N) is 2. The predicted octanol–water partition coefficient (Wildman–Crippen LogP) is 3.69. The molecule has 0 saturated heterocycles. The number of benzene rings is 1. The molecule has 23 heavy (non-hydrogen) atoms. The van der Waals surface area contributed by atoms with Gasteiger partial charge < -0.3 is 15.2 Å². The second-order valence-corrected chi connectivity index (χ2v) is 5.81. The Bertz CT molecular complexity index is 751. The molecule has 122 valence electrons. The molecule has 0 unspecified atom stereocenters. The molecule has 2 aromatic rings. The van der Waals surface area contributed by atoms with E-state index in [1.165, 1.54) is 4.90 Å². The van der Waals surface area contributed by atoms with Crippen LogP contribution in [0.5, 0.6) is 0 Å². The zero-order valence-electron chi connectivity index (χ0n) is 12.3. The highest BCUT2D eigenvalue weighted by Gasteiger charge is 2.49. The smallest absolute Gasteiger partial charge is 0.359 e. The zero-order valence-corrected chi connectivity index (χ0v) is 13.1. The summed E-state index contributed by atoms with van der Waals surface area (Å²) in [7, 11) is 0. The van der Waals surface area contributed by atoms with Gasteiger partial charge in [-0.15, -0.1) is 6.58 Å². The van der Waals surface area contributed by atoms with Crippen LogP contribution in [-0.4, -0.2) is 34.3 Å². The molecule has 2 N–H and O–H groups in total. The average molecular weight is 339 g/mol. The topological polar surface area (TPSA) is 31.1 Å². The highest BCUT2D eigenvalue weighted by molar-refractivity contribution is 7.80. The summed E-state index contributed by atoms with van der Waals surface area (Å²) in [5.74, 6) is 0. The van der Waals surface area contributed by atoms with Gasteiger partial charge in [0.05, 0.1) is 5.69 Å². The van der Waals surface area contributed by atoms with Crippen molar-refractivity contribution in [3.8, 4) is 0 Å². The quantitative estimate of drug-likeness (QED) is 0.646. The molecule has 0 spiro atoms. The van der Waals surface area contributed by atoms with Crippen LogP contribution in [0, 0.1) is 0 Å². The predicted molar refractivity (Wildman–Crippen MR) is 88.3 cm³/mol. The minimum absolute atomic E-state index is 0.0940. The molecule has 2 heterocycles. The first kappa shape index (κ1) is 15.9. The Kier molecular flexibility index (Phi) is 4.06. The standard InChI is InChI=1S/C16H16F3N3S/c1-2-8-20-15(23)22-9-7-11-10-5-3-4-6-12(10)21-13(11)14(22)16(17,18)19/h2-6,14,21H,1,7-9H2,(H,20,23)/t14-/m1/s1. The molecular formula is C16H16F3N3S. The van der Waals surface area contributed by atoms with Crippen molar-refractivity contribution in [1.29, 1.82) is 0 Å². The summed E-state index contributed by atoms with van der Waals surface area (Å²) >= 11 is 5.15. The number of hydrogen-bond acceptors (Lipinski definition) is 1. The van der Waals surface area contributed by atoms with Crippen LogP contribution in [0.4, 0.5) is 13.2 Å². The molecule has 0 radical (unpaired) electrons. The van der Waals surface area contributed by atoms with Crippen molar-refractivity contribution in [2.45, 2.75) is 18.6 Å². The second kappa shape index (κ2) is 5.88. The third-order valence-corrected chi connectivity index (χ3v) is 4.38. The number of thiocarbonyl (C=S) groups is 1. The van der Waals surface area contributed by atoms with Gasteiger partial charge in [0.1, 0.15) is 0 Å². The number of fused-ring (bicyclic) bond motifs is 3. The third-order valence-electron chi connectivity index (χ3n) is 4.00. The number of hydrogen-bond donors (Lipinski definition) is 2. The molecule has 7 heteroatoms. The number of aromatic nitrogens is 1. The molecule has 3 rings (SSSR count). The molecule has 1 atom stereocenters. The van der Waals surface area contributed by atoms with Crippen LogP contribution in [0.15, 0.2) is 36.9 Å². The van der Waals surface area contributed by atoms with E-state index in [2.05, 4.69) is 16.9 Å². The van der Waals surface area contributed by atoms with E-state index in [1.807, 2.05) is 12.1 Å². The van der Waals surface area contributed by atoms with Crippen LogP contribution >= 0.6 is 12.2 Å². The minimum Gasteiger partial charge on any atom is -0.359 e. The number of halogens is 3. The van der Waals surface area contributed by atoms with Crippen LogP contribution < -0.4 is 5.32 Å². The van der Waals surface area contributed by atoms with E-state index in [4.69, 9.17) is 12.2 Å². The summed E-state index contributed by atoms with van der Waals surface area (Å²) in [4.78, 5) is 4.15. The molecule has 0 aliphatic carbocycles. The summed E-state index contributed by atoms with van der Waals surface area (Å²) in [6.07, 6.45) is -2.34. The highest BCUT2D eigenvalue weighted by Crippen LogP contribution is 2.43. The number of H-pyrrole nitrogens is 1. The Balaban J connectivity index is 2.06. The summed E-state index contributed by atoms with van der Waals surface area (Å²) in [5, 5.41) is 3.74. The molecule has 3 nitrogen and oxygen atoms in total. The van der Waals surface area contributed by atoms with Crippen molar-refractivity contribution < 1.29 is 13.2 Å². The normalized spacial score (nSPS) is 17.9. The van der Waals surface area contributed by atoms with E-state index < -0.39 is 12.2 Å². The molecule has 1 aromatic carbocycles. The first-order chi connectivity index (χ1) is 10.9. The van der Waals surface area contributed by atoms with Crippen LogP contribution in [-0.2, 0) is 6.42 Å². The lowest BCUT2D eigenvalue weighted by Crippen LogP contribution is -2.50. The molecular weight excluding hydrogens is 323 g/mol. The van der Waals surface area contributed by atoms with Gasteiger partial charge in [-0.3, -0.25) is 0 Å². The van der Waals surface area contributed by atoms with E-state index >= 15 is 0 Å². The van der Waals surface area contributed by atoms with Gasteiger partial charge in [-0.1, -0.05) is 24.3 Å². The number of rotatable bonds is 2. The molecule has 0 bridgehead atoms. The van der Waals surface area contributed by atoms with Gasteiger partial charge in [-0.25, -0.2) is 0 Å². The first-order valence-electron chi connectivity index (χ1n) is 7.25. The summed E-state index contributed by atoms with van der Waals surface area (Å²) in [6, 6.07) is 5.52. The Morgan fingerprint density at radius 2 is 2.17 bits per heavy atom. The van der Waals surface area contributed by atoms with E-state index in [1.54, 1.807) is 18.2 Å². The average Bonchev–Trinajstić information content (AvgIpc) is 2.88. The van der Waals surface area contributed by atoms with Gasteiger partial charge in [0.25, 0.3) is 0 Å². The highest BCUT2D eigenvalue weighted by atomic mass is 32.1. The van der Waals surface area contributed by atoms with Crippen molar-refractivity contribution >= 4 is 28.2 Å². The summed E-state index contributed by atoms with van der Waals surface area (Å²) in [5.41, 5.74) is 1.64. The van der Waals surface area contributed by atoms with Gasteiger partial charge >= 0.3 is 6.18 Å². The first-order valence-corrected chi connectivity index (χ1v) is 7.66. The fourth-order valence-electron chi connectivity index (χ4n) is 3.06. The molecule has 1 aliphatic heterocycles. The number of para-hydroxylation sites is 1. The van der Waals surface area contributed by atoms with Crippen molar-refractivity contribution in [3.63, 3.8) is 0 Å². The lowest BCUT2D eigenvalue weighted by molar-refractivity contribution is -0.178. The van der Waals surface area contributed by atoms with Gasteiger partial charge in [-0.2, -0.15) is 13.2 Å². The fourth-order valence-corrected chi connectivity index (χ4v) is 3.34. The fraction of sp³-hybridized carbons (Fsp3) is 0.312. The Morgan fingerprint density at radius 3 is 2.87 bits per heavy atom. The van der Waals surface area contributed by atoms with Crippen LogP contribution in [0.1, 0.15) is 17.3 Å². The van der Waals surface area contributed by atoms with E-state index in [0.717, 1.165) is 16.5 Å². The summed E-state index contributed by atoms with van der Waals surface area (Å²) < 4.78 is 41.1. The molecule has 1 aromatic heterocycles. The molecule has 0 fully saturated rings. The van der Waals surface area contributed by atoms with Crippen LogP contribution in [0.25, 0.3) is 10.9 Å². The Labute approximate surface area is 137 Å². The number of aromatic amines is 1. The van der Waals surface area contributed by atoms with E-state index in [0.29, 0.717) is 13.0 Å². The van der Waals surface area contributed by atoms with Crippen molar-refractivity contribution in [2.75, 3.05) is 13.1 Å². The van der Waals surface area contributed by atoms with E-state index in [9.17, 15) is 13.2 Å². The number of nitrogens with zero attached hydrogens (tertiary/aromatic N) is 1. The summed E-state index contributed by atoms with van der Waals surface area (Å²) in [6.45, 7) is 4.10. The zero-order chi connectivity index (χ0) is 16.6. The van der Waals surface area contributed by atoms with Crippen LogP contribution in [0.2, 0.25) is 0 Å². The molecule has 1 aliphatic rings. The van der Waals surface area contributed by atoms with Gasteiger partial charge in [0.15, 0.2) is 11.2 Å². The van der Waals surface area contributed by atoms with Crippen molar-refractivity contribution in [3.05, 3.63) is 48.2 Å². The maximum Gasteiger partial charge on any atom is 0.414 e. The maximum atomic E-state index is 13.7. The van der Waals surface area contributed by atoms with Gasteiger partial charge in [0, 0.05) is 24.0 Å².